The molecule has 0 radical (unpaired) electrons. The van der Waals surface area contributed by atoms with Crippen molar-refractivity contribution >= 4 is 6.09 Å². The Bertz CT molecular complexity index is 523. The first-order chi connectivity index (χ1) is 9.17. The van der Waals surface area contributed by atoms with E-state index in [0.717, 1.165) is 32.5 Å². The van der Waals surface area contributed by atoms with Gasteiger partial charge in [-0.05, 0) is 19.4 Å². The number of piperidine rings is 1. The summed E-state index contributed by atoms with van der Waals surface area (Å²) >= 11 is 0. The van der Waals surface area contributed by atoms with Crippen LogP contribution >= 0.6 is 0 Å². The maximum Gasteiger partial charge on any atom is 0.407 e. The molecular weight excluding hydrogens is 248 g/mol. The Kier molecular flexibility index (Phi) is 3.06. The van der Waals surface area contributed by atoms with Crippen LogP contribution in [0.1, 0.15) is 12.8 Å². The molecule has 1 atom stereocenters. The first-order valence-corrected chi connectivity index (χ1v) is 6.60. The Hall–Kier alpha value is -1.76. The number of carbonyl (C=O) groups excluding carboxylic acids is 1. The minimum absolute atomic E-state index is 0.0827. The van der Waals surface area contributed by atoms with Crippen LogP contribution in [0.3, 0.4) is 0 Å². The fraction of sp³-hybridized carbons (Fsp3) is 0.667. The molecule has 7 nitrogen and oxygen atoms in total. The molecule has 1 aromatic heterocycles. The molecule has 1 spiro atoms. The van der Waals surface area contributed by atoms with E-state index in [4.69, 9.17) is 4.74 Å². The molecule has 2 aliphatic rings. The number of hydrogen-bond donors (Lipinski definition) is 2. The molecule has 1 amide bonds. The van der Waals surface area contributed by atoms with Gasteiger partial charge in [-0.25, -0.2) is 9.59 Å². The van der Waals surface area contributed by atoms with Crippen LogP contribution < -0.4 is 11.0 Å². The Morgan fingerprint density at radius 2 is 2.26 bits per heavy atom. The number of amides is 1. The SMILES string of the molecule is O=C1NCC2(CCCN(CCn3cc[nH]c3=O)C2)O1. The number of carbonyl (C=O) groups is 1. The van der Waals surface area contributed by atoms with Crippen LogP contribution in [0.4, 0.5) is 4.79 Å². The van der Waals surface area contributed by atoms with Crippen molar-refractivity contribution in [2.75, 3.05) is 26.2 Å². The predicted molar refractivity (Wildman–Crippen MR) is 67.9 cm³/mol. The van der Waals surface area contributed by atoms with Crippen LogP contribution in [0.25, 0.3) is 0 Å². The number of rotatable bonds is 3. The van der Waals surface area contributed by atoms with Crippen molar-refractivity contribution in [1.82, 2.24) is 19.8 Å². The number of hydrogen-bond acceptors (Lipinski definition) is 4. The molecular formula is C12H18N4O3. The summed E-state index contributed by atoms with van der Waals surface area (Å²) in [7, 11) is 0. The average molecular weight is 266 g/mol. The number of ether oxygens (including phenoxy) is 1. The highest BCUT2D eigenvalue weighted by Gasteiger charge is 2.43. The lowest BCUT2D eigenvalue weighted by Gasteiger charge is -2.38. The lowest BCUT2D eigenvalue weighted by atomic mass is 9.93. The van der Waals surface area contributed by atoms with Crippen LogP contribution in [-0.4, -0.2) is 52.3 Å². The highest BCUT2D eigenvalue weighted by Crippen LogP contribution is 2.27. The monoisotopic (exact) mass is 266 g/mol. The summed E-state index contributed by atoms with van der Waals surface area (Å²) in [6, 6.07) is 0. The smallest absolute Gasteiger partial charge is 0.407 e. The topological polar surface area (TPSA) is 79.4 Å². The van der Waals surface area contributed by atoms with Crippen LogP contribution in [-0.2, 0) is 11.3 Å². The third kappa shape index (κ3) is 2.51. The zero-order valence-corrected chi connectivity index (χ0v) is 10.7. The van der Waals surface area contributed by atoms with Crippen LogP contribution in [0, 0.1) is 0 Å². The number of nitrogens with zero attached hydrogens (tertiary/aromatic N) is 2. The fourth-order valence-electron chi connectivity index (χ4n) is 2.89. The molecule has 1 unspecified atom stereocenters. The van der Waals surface area contributed by atoms with E-state index in [2.05, 4.69) is 15.2 Å². The van der Waals surface area contributed by atoms with Gasteiger partial charge in [0, 0.05) is 32.0 Å². The molecule has 2 aliphatic heterocycles. The lowest BCUT2D eigenvalue weighted by Crippen LogP contribution is -2.51. The van der Waals surface area contributed by atoms with Crippen LogP contribution in [0.2, 0.25) is 0 Å². The number of H-pyrrole nitrogens is 1. The van der Waals surface area contributed by atoms with Crippen LogP contribution in [0.5, 0.6) is 0 Å². The Labute approximate surface area is 110 Å². The lowest BCUT2D eigenvalue weighted by molar-refractivity contribution is -0.00938. The van der Waals surface area contributed by atoms with E-state index in [1.165, 1.54) is 0 Å². The second-order valence-corrected chi connectivity index (χ2v) is 5.26. The zero-order valence-electron chi connectivity index (χ0n) is 10.7. The molecule has 3 rings (SSSR count). The summed E-state index contributed by atoms with van der Waals surface area (Å²) in [5.41, 5.74) is -0.445. The van der Waals surface area contributed by atoms with Gasteiger partial charge in [-0.1, -0.05) is 0 Å². The molecule has 3 heterocycles. The van der Waals surface area contributed by atoms with Gasteiger partial charge in [0.2, 0.25) is 0 Å². The molecule has 0 aliphatic carbocycles. The van der Waals surface area contributed by atoms with Crippen molar-refractivity contribution in [3.05, 3.63) is 22.9 Å². The third-order valence-electron chi connectivity index (χ3n) is 3.86. The van der Waals surface area contributed by atoms with Gasteiger partial charge in [-0.2, -0.15) is 0 Å². The van der Waals surface area contributed by atoms with Gasteiger partial charge in [-0.15, -0.1) is 0 Å². The highest BCUT2D eigenvalue weighted by molar-refractivity contribution is 5.70. The summed E-state index contributed by atoms with van der Waals surface area (Å²) in [6.07, 6.45) is 4.99. The minimum Gasteiger partial charge on any atom is -0.440 e. The highest BCUT2D eigenvalue weighted by atomic mass is 16.6. The third-order valence-corrected chi connectivity index (χ3v) is 3.86. The number of aromatic amines is 1. The Morgan fingerprint density at radius 1 is 1.37 bits per heavy atom. The Morgan fingerprint density at radius 3 is 2.95 bits per heavy atom. The summed E-state index contributed by atoms with van der Waals surface area (Å²) in [6.45, 7) is 3.76. The molecule has 104 valence electrons. The molecule has 0 bridgehead atoms. The number of likely N-dealkylation sites (tertiary alicyclic amines) is 1. The summed E-state index contributed by atoms with van der Waals surface area (Å²) in [4.78, 5) is 27.5. The van der Waals surface area contributed by atoms with E-state index >= 15 is 0 Å². The van der Waals surface area contributed by atoms with Gasteiger partial charge in [-0.3, -0.25) is 9.47 Å². The van der Waals surface area contributed by atoms with Gasteiger partial charge >= 0.3 is 11.8 Å². The maximum absolute atomic E-state index is 11.4. The minimum atomic E-state index is -0.363. The summed E-state index contributed by atoms with van der Waals surface area (Å²) in [5.74, 6) is 0. The van der Waals surface area contributed by atoms with Crippen LogP contribution in [0.15, 0.2) is 17.2 Å². The predicted octanol–water partition coefficient (Wildman–Crippen LogP) is -0.249. The van der Waals surface area contributed by atoms with E-state index in [-0.39, 0.29) is 17.4 Å². The van der Waals surface area contributed by atoms with Gasteiger partial charge in [0.15, 0.2) is 0 Å². The second kappa shape index (κ2) is 4.73. The van der Waals surface area contributed by atoms with Crippen molar-refractivity contribution in [1.29, 1.82) is 0 Å². The number of aromatic nitrogens is 2. The molecule has 2 saturated heterocycles. The Balaban J connectivity index is 1.58. The second-order valence-electron chi connectivity index (χ2n) is 5.26. The number of nitrogens with one attached hydrogen (secondary N) is 2. The standard InChI is InChI=1S/C12H18N4O3/c17-10-13-3-5-16(10)7-6-15-4-1-2-12(9-15)8-14-11(18)19-12/h3,5H,1-2,4,6-9H2,(H,13,17)(H,14,18). The van der Waals surface area contributed by atoms with Crippen molar-refractivity contribution < 1.29 is 9.53 Å². The quantitative estimate of drug-likeness (QED) is 0.790. The first-order valence-electron chi connectivity index (χ1n) is 6.60. The van der Waals surface area contributed by atoms with E-state index in [0.29, 0.717) is 13.1 Å². The molecule has 0 aromatic carbocycles. The first kappa shape index (κ1) is 12.3. The van der Waals surface area contributed by atoms with E-state index in [9.17, 15) is 9.59 Å². The summed E-state index contributed by atoms with van der Waals surface area (Å²) in [5, 5.41) is 2.73. The van der Waals surface area contributed by atoms with Crippen molar-refractivity contribution in [2.45, 2.75) is 25.0 Å². The largest absolute Gasteiger partial charge is 0.440 e. The number of alkyl carbamates (subject to hydrolysis) is 1. The van der Waals surface area contributed by atoms with E-state index in [1.54, 1.807) is 17.0 Å². The van der Waals surface area contributed by atoms with Gasteiger partial charge < -0.3 is 15.0 Å². The molecule has 1 aromatic rings. The van der Waals surface area contributed by atoms with Gasteiger partial charge in [0.25, 0.3) is 0 Å². The van der Waals surface area contributed by atoms with E-state index in [1.807, 2.05) is 0 Å². The normalized spacial score (nSPS) is 27.5. The molecule has 19 heavy (non-hydrogen) atoms. The van der Waals surface area contributed by atoms with Crippen molar-refractivity contribution in [3.8, 4) is 0 Å². The van der Waals surface area contributed by atoms with E-state index < -0.39 is 0 Å². The summed E-state index contributed by atoms with van der Waals surface area (Å²) < 4.78 is 7.07. The molecule has 2 N–H and O–H groups in total. The van der Waals surface area contributed by atoms with Gasteiger partial charge in [0.1, 0.15) is 5.60 Å². The molecule has 7 heteroatoms. The zero-order chi connectivity index (χ0) is 13.3. The maximum atomic E-state index is 11.4. The van der Waals surface area contributed by atoms with Crippen molar-refractivity contribution in [3.63, 3.8) is 0 Å². The molecule has 0 saturated carbocycles. The van der Waals surface area contributed by atoms with Crippen molar-refractivity contribution in [2.24, 2.45) is 0 Å². The molecule has 2 fully saturated rings. The number of imidazole rings is 1. The fourth-order valence-corrected chi connectivity index (χ4v) is 2.89. The average Bonchev–Trinajstić information content (AvgIpc) is 2.94. The van der Waals surface area contributed by atoms with Gasteiger partial charge in [0.05, 0.1) is 6.54 Å².